The lowest BCUT2D eigenvalue weighted by Gasteiger charge is -2.15. The van der Waals surface area contributed by atoms with Gasteiger partial charge in [-0.05, 0) is 32.0 Å². The van der Waals surface area contributed by atoms with E-state index in [4.69, 9.17) is 0 Å². The lowest BCUT2D eigenvalue weighted by molar-refractivity contribution is 0.0936. The minimum Gasteiger partial charge on any atom is -0.350 e. The van der Waals surface area contributed by atoms with Crippen LogP contribution in [0.2, 0.25) is 0 Å². The zero-order valence-corrected chi connectivity index (χ0v) is 19.1. The standard InChI is InChI=1S/C24H25N5O2S/c1-4-29-22(16(2)25-23(31)17-10-6-5-7-11-17)26-27-24(29)32-15-21(30)19-14-28(3)20-13-9-8-12-18(19)20/h5-14,16H,4,15H2,1-3H3,(H,25,31). The molecule has 0 aliphatic heterocycles. The van der Waals surface area contributed by atoms with Gasteiger partial charge in [-0.1, -0.05) is 48.2 Å². The van der Waals surface area contributed by atoms with Gasteiger partial charge in [-0.15, -0.1) is 10.2 Å². The van der Waals surface area contributed by atoms with Crippen LogP contribution in [0.5, 0.6) is 0 Å². The van der Waals surface area contributed by atoms with Gasteiger partial charge >= 0.3 is 0 Å². The average Bonchev–Trinajstić information content (AvgIpc) is 3.39. The predicted octanol–water partition coefficient (Wildman–Crippen LogP) is 4.26. The summed E-state index contributed by atoms with van der Waals surface area (Å²) in [5.41, 5.74) is 2.34. The fourth-order valence-corrected chi connectivity index (χ4v) is 4.62. The van der Waals surface area contributed by atoms with E-state index in [2.05, 4.69) is 15.5 Å². The highest BCUT2D eigenvalue weighted by atomic mass is 32.2. The molecule has 8 heteroatoms. The molecule has 0 radical (unpaired) electrons. The monoisotopic (exact) mass is 447 g/mol. The van der Waals surface area contributed by atoms with Crippen LogP contribution in [-0.4, -0.2) is 36.8 Å². The third kappa shape index (κ3) is 4.31. The van der Waals surface area contributed by atoms with Crippen molar-refractivity contribution < 1.29 is 9.59 Å². The fraction of sp³-hybridized carbons (Fsp3) is 0.250. The first-order valence-corrected chi connectivity index (χ1v) is 11.5. The van der Waals surface area contributed by atoms with Crippen LogP contribution >= 0.6 is 11.8 Å². The molecule has 0 saturated heterocycles. The molecule has 0 saturated carbocycles. The number of carbonyl (C=O) groups excluding carboxylic acids is 2. The second-order valence-electron chi connectivity index (χ2n) is 7.53. The summed E-state index contributed by atoms with van der Waals surface area (Å²) in [6.07, 6.45) is 1.88. The van der Waals surface area contributed by atoms with E-state index >= 15 is 0 Å². The predicted molar refractivity (Wildman–Crippen MR) is 126 cm³/mol. The van der Waals surface area contributed by atoms with Gasteiger partial charge in [-0.25, -0.2) is 0 Å². The SMILES string of the molecule is CCn1c(SCC(=O)c2cn(C)c3ccccc23)nnc1C(C)NC(=O)c1ccccc1. The Balaban J connectivity index is 1.47. The average molecular weight is 448 g/mol. The molecule has 2 aromatic heterocycles. The molecule has 4 rings (SSSR count). The number of fused-ring (bicyclic) bond motifs is 1. The maximum Gasteiger partial charge on any atom is 0.251 e. The molecule has 1 unspecified atom stereocenters. The number of Topliss-reactive ketones (excluding diaryl/α,β-unsaturated/α-hetero) is 1. The molecule has 0 bridgehead atoms. The number of aromatic nitrogens is 4. The number of aryl methyl sites for hydroxylation is 1. The van der Waals surface area contributed by atoms with Crippen molar-refractivity contribution in [3.05, 3.63) is 77.7 Å². The van der Waals surface area contributed by atoms with Gasteiger partial charge in [0.2, 0.25) is 0 Å². The van der Waals surface area contributed by atoms with Crippen molar-refractivity contribution in [2.75, 3.05) is 5.75 Å². The Morgan fingerprint density at radius 3 is 2.53 bits per heavy atom. The topological polar surface area (TPSA) is 81.8 Å². The van der Waals surface area contributed by atoms with Crippen molar-refractivity contribution in [3.8, 4) is 0 Å². The molecular weight excluding hydrogens is 422 g/mol. The molecular formula is C24H25N5O2S. The molecule has 0 spiro atoms. The summed E-state index contributed by atoms with van der Waals surface area (Å²) >= 11 is 1.36. The molecule has 0 fully saturated rings. The van der Waals surface area contributed by atoms with E-state index in [9.17, 15) is 9.59 Å². The van der Waals surface area contributed by atoms with Gasteiger partial charge in [-0.3, -0.25) is 9.59 Å². The normalized spacial score (nSPS) is 12.1. The Hall–Kier alpha value is -3.39. The molecule has 7 nitrogen and oxygen atoms in total. The Bertz CT molecular complexity index is 1260. The molecule has 1 atom stereocenters. The van der Waals surface area contributed by atoms with Crippen molar-refractivity contribution in [3.63, 3.8) is 0 Å². The minimum absolute atomic E-state index is 0.0458. The zero-order chi connectivity index (χ0) is 22.7. The third-order valence-corrected chi connectivity index (χ3v) is 6.33. The highest BCUT2D eigenvalue weighted by Crippen LogP contribution is 2.25. The summed E-state index contributed by atoms with van der Waals surface area (Å²) in [5.74, 6) is 0.807. The zero-order valence-electron chi connectivity index (χ0n) is 18.3. The quantitative estimate of drug-likeness (QED) is 0.322. The Morgan fingerprint density at radius 1 is 1.06 bits per heavy atom. The van der Waals surface area contributed by atoms with Gasteiger partial charge in [0.05, 0.1) is 11.8 Å². The minimum atomic E-state index is -0.321. The number of nitrogens with one attached hydrogen (secondary N) is 1. The molecule has 0 aliphatic rings. The fourth-order valence-electron chi connectivity index (χ4n) is 3.73. The first-order chi connectivity index (χ1) is 15.5. The number of nitrogens with zero attached hydrogens (tertiary/aromatic N) is 4. The summed E-state index contributed by atoms with van der Waals surface area (Å²) in [6.45, 7) is 4.51. The highest BCUT2D eigenvalue weighted by molar-refractivity contribution is 7.99. The second kappa shape index (κ2) is 9.40. The number of ketones is 1. The van der Waals surface area contributed by atoms with E-state index in [1.54, 1.807) is 12.1 Å². The number of amides is 1. The number of rotatable bonds is 8. The van der Waals surface area contributed by atoms with E-state index in [1.165, 1.54) is 11.8 Å². The van der Waals surface area contributed by atoms with Crippen LogP contribution in [0, 0.1) is 0 Å². The van der Waals surface area contributed by atoms with Crippen LogP contribution < -0.4 is 5.32 Å². The number of hydrogen-bond donors (Lipinski definition) is 1. The van der Waals surface area contributed by atoms with Crippen molar-refractivity contribution >= 4 is 34.4 Å². The largest absolute Gasteiger partial charge is 0.350 e. The van der Waals surface area contributed by atoms with Crippen LogP contribution in [0.3, 0.4) is 0 Å². The number of benzene rings is 2. The lowest BCUT2D eigenvalue weighted by atomic mass is 10.1. The summed E-state index contributed by atoms with van der Waals surface area (Å²) in [5, 5.41) is 13.2. The molecule has 1 N–H and O–H groups in total. The van der Waals surface area contributed by atoms with Gasteiger partial charge < -0.3 is 14.5 Å². The third-order valence-electron chi connectivity index (χ3n) is 5.36. The number of carbonyl (C=O) groups is 2. The van der Waals surface area contributed by atoms with Gasteiger partial charge in [0.1, 0.15) is 0 Å². The number of thioether (sulfide) groups is 1. The van der Waals surface area contributed by atoms with Crippen LogP contribution in [0.4, 0.5) is 0 Å². The first-order valence-electron chi connectivity index (χ1n) is 10.5. The van der Waals surface area contributed by atoms with E-state index in [-0.39, 0.29) is 23.5 Å². The smallest absolute Gasteiger partial charge is 0.251 e. The molecule has 2 aromatic carbocycles. The van der Waals surface area contributed by atoms with Crippen molar-refractivity contribution in [1.29, 1.82) is 0 Å². The molecule has 0 aliphatic carbocycles. The maximum absolute atomic E-state index is 12.9. The first kappa shape index (κ1) is 21.8. The molecule has 164 valence electrons. The van der Waals surface area contributed by atoms with Gasteiger partial charge in [0.15, 0.2) is 16.8 Å². The summed E-state index contributed by atoms with van der Waals surface area (Å²) in [7, 11) is 1.94. The maximum atomic E-state index is 12.9. The highest BCUT2D eigenvalue weighted by Gasteiger charge is 2.21. The Kier molecular flexibility index (Phi) is 6.41. The second-order valence-corrected chi connectivity index (χ2v) is 8.47. The van der Waals surface area contributed by atoms with Gasteiger partial charge in [0, 0.05) is 41.8 Å². The number of hydrogen-bond acceptors (Lipinski definition) is 5. The van der Waals surface area contributed by atoms with E-state index < -0.39 is 0 Å². The molecule has 1 amide bonds. The Labute approximate surface area is 190 Å². The van der Waals surface area contributed by atoms with E-state index in [0.717, 1.165) is 10.9 Å². The molecule has 2 heterocycles. The van der Waals surface area contributed by atoms with Crippen molar-refractivity contribution in [2.45, 2.75) is 31.6 Å². The molecule has 4 aromatic rings. The van der Waals surface area contributed by atoms with Crippen LogP contribution in [-0.2, 0) is 13.6 Å². The summed E-state index contributed by atoms with van der Waals surface area (Å²) in [4.78, 5) is 25.4. The van der Waals surface area contributed by atoms with Crippen LogP contribution in [0.25, 0.3) is 10.9 Å². The van der Waals surface area contributed by atoms with E-state index in [0.29, 0.717) is 28.7 Å². The van der Waals surface area contributed by atoms with Crippen molar-refractivity contribution in [2.24, 2.45) is 7.05 Å². The Morgan fingerprint density at radius 2 is 1.78 bits per heavy atom. The van der Waals surface area contributed by atoms with Crippen LogP contribution in [0.15, 0.2) is 66.0 Å². The van der Waals surface area contributed by atoms with E-state index in [1.807, 2.05) is 78.7 Å². The van der Waals surface area contributed by atoms with Gasteiger partial charge in [-0.2, -0.15) is 0 Å². The number of para-hydroxylation sites is 1. The summed E-state index contributed by atoms with van der Waals surface area (Å²) < 4.78 is 3.91. The molecule has 32 heavy (non-hydrogen) atoms. The van der Waals surface area contributed by atoms with Crippen molar-refractivity contribution in [1.82, 2.24) is 24.6 Å². The van der Waals surface area contributed by atoms with Gasteiger partial charge in [0.25, 0.3) is 5.91 Å². The lowest BCUT2D eigenvalue weighted by Crippen LogP contribution is -2.28. The summed E-state index contributed by atoms with van der Waals surface area (Å²) in [6, 6.07) is 16.6. The van der Waals surface area contributed by atoms with Crippen LogP contribution in [0.1, 0.15) is 46.4 Å².